The van der Waals surface area contributed by atoms with Crippen LogP contribution in [-0.2, 0) is 9.09 Å². The van der Waals surface area contributed by atoms with Crippen molar-refractivity contribution >= 4 is 47.2 Å². The summed E-state index contributed by atoms with van der Waals surface area (Å²) < 4.78 is 15.9. The maximum atomic E-state index is 13.4. The quantitative estimate of drug-likeness (QED) is 0.123. The third kappa shape index (κ3) is 4.66. The minimum atomic E-state index is -4.51. The van der Waals surface area contributed by atoms with Gasteiger partial charge in [-0.15, -0.1) is 0 Å². The second-order valence-electron chi connectivity index (χ2n) is 9.16. The van der Waals surface area contributed by atoms with Crippen molar-refractivity contribution < 1.29 is 23.7 Å². The average molecular weight is 533 g/mol. The Bertz CT molecular complexity index is 1720. The molecule has 6 rings (SSSR count). The van der Waals surface area contributed by atoms with Gasteiger partial charge in [0, 0.05) is 53.2 Å². The number of pyridine rings is 2. The number of fused-ring (bicyclic) bond motifs is 2. The molecule has 12 nitrogen and oxygen atoms in total. The molecule has 5 aromatic rings. The van der Waals surface area contributed by atoms with Crippen molar-refractivity contribution in [3.05, 3.63) is 66.4 Å². The predicted octanol–water partition coefficient (Wildman–Crippen LogP) is 3.39. The Balaban J connectivity index is 1.25. The lowest BCUT2D eigenvalue weighted by atomic mass is 9.98. The molecule has 1 aliphatic rings. The van der Waals surface area contributed by atoms with E-state index in [4.69, 9.17) is 20.0 Å². The van der Waals surface area contributed by atoms with Crippen LogP contribution in [0.5, 0.6) is 0 Å². The van der Waals surface area contributed by atoms with E-state index in [0.717, 1.165) is 16.5 Å². The Morgan fingerprint density at radius 2 is 1.89 bits per heavy atom. The molecule has 0 amide bonds. The number of nitrogens with one attached hydrogen (secondary N) is 2. The standard InChI is InChI=1S/C25H24N7O5P/c26-19-2-1-14(11-17(19)18-12-27-13-21-16(18)5-8-28-21)23(33)25-29-20-3-4-22(30-24(20)31-25)32-9-6-15(7-10-32)37-38(34,35)36/h1-5,8,11-13,15,28H,6-7,9-10,26H2,(H,29,30,31)(H2,34,35,36). The van der Waals surface area contributed by atoms with Gasteiger partial charge in [-0.05, 0) is 49.2 Å². The summed E-state index contributed by atoms with van der Waals surface area (Å²) in [6.07, 6.45) is 5.71. The molecule has 0 radical (unpaired) electrons. The highest BCUT2D eigenvalue weighted by Gasteiger charge is 2.27. The van der Waals surface area contributed by atoms with Gasteiger partial charge in [0.25, 0.3) is 0 Å². The first-order valence-electron chi connectivity index (χ1n) is 12.0. The summed E-state index contributed by atoms with van der Waals surface area (Å²) >= 11 is 0. The molecular weight excluding hydrogens is 509 g/mol. The van der Waals surface area contributed by atoms with Crippen molar-refractivity contribution in [3.63, 3.8) is 0 Å². The number of H-pyrrole nitrogens is 2. The number of carbonyl (C=O) groups is 1. The highest BCUT2D eigenvalue weighted by Crippen LogP contribution is 2.40. The number of aromatic nitrogens is 5. The van der Waals surface area contributed by atoms with E-state index in [0.29, 0.717) is 59.7 Å². The van der Waals surface area contributed by atoms with Gasteiger partial charge in [0.2, 0.25) is 5.78 Å². The molecule has 194 valence electrons. The normalized spacial score (nSPS) is 14.9. The molecule has 1 aromatic carbocycles. The SMILES string of the molecule is Nc1ccc(C(=O)c2nc3ccc(N4CCC(OP(=O)(O)O)CC4)nc3[nH]2)cc1-c1cncc2[nH]ccc12. The first-order chi connectivity index (χ1) is 18.2. The number of anilines is 2. The van der Waals surface area contributed by atoms with Gasteiger partial charge in [-0.2, -0.15) is 0 Å². The zero-order valence-electron chi connectivity index (χ0n) is 20.0. The summed E-state index contributed by atoms with van der Waals surface area (Å²) in [5, 5.41) is 0.953. The fourth-order valence-corrected chi connectivity index (χ4v) is 5.41. The van der Waals surface area contributed by atoms with E-state index in [2.05, 4.69) is 24.9 Å². The van der Waals surface area contributed by atoms with Crippen molar-refractivity contribution in [1.82, 2.24) is 24.9 Å². The highest BCUT2D eigenvalue weighted by atomic mass is 31.2. The molecule has 0 aliphatic carbocycles. The van der Waals surface area contributed by atoms with Crippen LogP contribution >= 0.6 is 7.82 Å². The summed E-state index contributed by atoms with van der Waals surface area (Å²) in [6, 6.07) is 10.7. The number of phosphoric ester groups is 1. The third-order valence-corrected chi connectivity index (χ3v) is 7.25. The summed E-state index contributed by atoms with van der Waals surface area (Å²) in [5.74, 6) is 0.541. The summed E-state index contributed by atoms with van der Waals surface area (Å²) in [6.45, 7) is 1.06. The molecule has 0 spiro atoms. The van der Waals surface area contributed by atoms with Gasteiger partial charge in [0.05, 0.1) is 17.8 Å². The van der Waals surface area contributed by atoms with Crippen LogP contribution < -0.4 is 10.6 Å². The Kier molecular flexibility index (Phi) is 5.96. The van der Waals surface area contributed by atoms with Gasteiger partial charge in [-0.1, -0.05) is 0 Å². The molecule has 1 fully saturated rings. The monoisotopic (exact) mass is 533 g/mol. The molecule has 6 N–H and O–H groups in total. The van der Waals surface area contributed by atoms with Gasteiger partial charge < -0.3 is 30.4 Å². The minimum Gasteiger partial charge on any atom is -0.398 e. The topological polar surface area (TPSA) is 183 Å². The lowest BCUT2D eigenvalue weighted by Gasteiger charge is -2.32. The maximum absolute atomic E-state index is 13.4. The largest absolute Gasteiger partial charge is 0.469 e. The Labute approximate surface area is 216 Å². The second-order valence-corrected chi connectivity index (χ2v) is 10.4. The van der Waals surface area contributed by atoms with Gasteiger partial charge in [-0.25, -0.2) is 14.5 Å². The number of ketones is 1. The zero-order chi connectivity index (χ0) is 26.4. The van der Waals surface area contributed by atoms with Crippen LogP contribution in [0.1, 0.15) is 29.0 Å². The van der Waals surface area contributed by atoms with Crippen molar-refractivity contribution in [2.45, 2.75) is 18.9 Å². The summed E-state index contributed by atoms with van der Waals surface area (Å²) in [7, 11) is -4.51. The van der Waals surface area contributed by atoms with Crippen LogP contribution in [0.2, 0.25) is 0 Å². The molecule has 38 heavy (non-hydrogen) atoms. The zero-order valence-corrected chi connectivity index (χ0v) is 20.9. The summed E-state index contributed by atoms with van der Waals surface area (Å²) in [5.41, 5.74) is 10.6. The second kappa shape index (κ2) is 9.34. The van der Waals surface area contributed by atoms with E-state index in [-0.39, 0.29) is 11.6 Å². The lowest BCUT2D eigenvalue weighted by molar-refractivity contribution is 0.102. The van der Waals surface area contributed by atoms with E-state index in [1.54, 1.807) is 36.7 Å². The minimum absolute atomic E-state index is 0.159. The number of hydrogen-bond donors (Lipinski definition) is 5. The third-order valence-electron chi connectivity index (χ3n) is 6.68. The molecule has 13 heteroatoms. The van der Waals surface area contributed by atoms with Crippen LogP contribution in [0.15, 0.2) is 55.0 Å². The molecular formula is C25H24N7O5P. The van der Waals surface area contributed by atoms with Crippen LogP contribution in [0, 0.1) is 0 Å². The van der Waals surface area contributed by atoms with Gasteiger partial charge in [0.15, 0.2) is 11.5 Å². The first kappa shape index (κ1) is 24.3. The number of nitrogen functional groups attached to an aromatic ring is 1. The van der Waals surface area contributed by atoms with Crippen LogP contribution in [0.3, 0.4) is 0 Å². The Morgan fingerprint density at radius 1 is 1.08 bits per heavy atom. The number of imidazole rings is 1. The van der Waals surface area contributed by atoms with Crippen molar-refractivity contribution in [2.75, 3.05) is 23.7 Å². The van der Waals surface area contributed by atoms with Crippen LogP contribution in [-0.4, -0.2) is 59.7 Å². The van der Waals surface area contributed by atoms with E-state index in [1.165, 1.54) is 0 Å². The van der Waals surface area contributed by atoms with E-state index >= 15 is 0 Å². The maximum Gasteiger partial charge on any atom is 0.469 e. The number of piperidine rings is 1. The molecule has 0 unspecified atom stereocenters. The number of phosphoric acid groups is 1. The fourth-order valence-electron chi connectivity index (χ4n) is 4.81. The van der Waals surface area contributed by atoms with Crippen LogP contribution in [0.4, 0.5) is 11.5 Å². The van der Waals surface area contributed by atoms with E-state index < -0.39 is 13.9 Å². The van der Waals surface area contributed by atoms with Crippen molar-refractivity contribution in [2.24, 2.45) is 0 Å². The van der Waals surface area contributed by atoms with E-state index in [9.17, 15) is 9.36 Å². The lowest BCUT2D eigenvalue weighted by Crippen LogP contribution is -2.37. The smallest absolute Gasteiger partial charge is 0.398 e. The number of nitrogens with two attached hydrogens (primary N) is 1. The van der Waals surface area contributed by atoms with Gasteiger partial charge in [0.1, 0.15) is 11.3 Å². The van der Waals surface area contributed by atoms with Crippen molar-refractivity contribution in [1.29, 1.82) is 0 Å². The molecule has 4 aromatic heterocycles. The number of aromatic amines is 2. The highest BCUT2D eigenvalue weighted by molar-refractivity contribution is 7.46. The molecule has 0 saturated carbocycles. The number of hydrogen-bond acceptors (Lipinski definition) is 8. The Morgan fingerprint density at radius 3 is 2.68 bits per heavy atom. The molecule has 1 aliphatic heterocycles. The number of benzene rings is 1. The van der Waals surface area contributed by atoms with Gasteiger partial charge in [-0.3, -0.25) is 14.3 Å². The molecule has 1 saturated heterocycles. The van der Waals surface area contributed by atoms with Crippen LogP contribution in [0.25, 0.3) is 33.2 Å². The predicted molar refractivity (Wildman–Crippen MR) is 142 cm³/mol. The summed E-state index contributed by atoms with van der Waals surface area (Å²) in [4.78, 5) is 53.0. The first-order valence-corrected chi connectivity index (χ1v) is 13.5. The van der Waals surface area contributed by atoms with E-state index in [1.807, 2.05) is 23.2 Å². The molecule has 0 bridgehead atoms. The molecule has 5 heterocycles. The average Bonchev–Trinajstić information content (AvgIpc) is 3.55. The fraction of sp³-hybridized carbons (Fsp3) is 0.200. The Hall–Kier alpha value is -4.09. The number of carbonyl (C=O) groups excluding carboxylic acids is 1. The van der Waals surface area contributed by atoms with Gasteiger partial charge >= 0.3 is 7.82 Å². The van der Waals surface area contributed by atoms with Crippen molar-refractivity contribution in [3.8, 4) is 11.1 Å². The number of nitrogens with zero attached hydrogens (tertiary/aromatic N) is 4. The number of rotatable bonds is 6. The molecule has 0 atom stereocenters.